The van der Waals surface area contributed by atoms with Gasteiger partial charge in [-0.15, -0.1) is 0 Å². The Morgan fingerprint density at radius 3 is 2.80 bits per heavy atom. The van der Waals surface area contributed by atoms with Gasteiger partial charge in [0.25, 0.3) is 0 Å². The monoisotopic (exact) mass is 289 g/mol. The van der Waals surface area contributed by atoms with Crippen molar-refractivity contribution in [3.63, 3.8) is 0 Å². The standard InChI is InChI=1S/C15H15NO3S/c1-10(17)12-3-2-6-16-15(12)20-11-4-5-13-14(9-11)19-8-7-18-13/h2-6,9-10,17H,7-8H2,1H3/t10-/m1/s1. The van der Waals surface area contributed by atoms with E-state index >= 15 is 0 Å². The Morgan fingerprint density at radius 2 is 2.00 bits per heavy atom. The van der Waals surface area contributed by atoms with Crippen molar-refractivity contribution in [3.8, 4) is 11.5 Å². The maximum Gasteiger partial charge on any atom is 0.162 e. The highest BCUT2D eigenvalue weighted by Gasteiger charge is 2.14. The zero-order chi connectivity index (χ0) is 13.9. The largest absolute Gasteiger partial charge is 0.486 e. The summed E-state index contributed by atoms with van der Waals surface area (Å²) in [5.41, 5.74) is 0.826. The molecule has 1 aliphatic rings. The fourth-order valence-electron chi connectivity index (χ4n) is 2.01. The highest BCUT2D eigenvalue weighted by molar-refractivity contribution is 7.99. The molecule has 0 unspecified atom stereocenters. The third kappa shape index (κ3) is 2.73. The van der Waals surface area contributed by atoms with Gasteiger partial charge in [-0.25, -0.2) is 4.98 Å². The fourth-order valence-corrected chi connectivity index (χ4v) is 3.00. The molecule has 2 aromatic rings. The van der Waals surface area contributed by atoms with E-state index in [4.69, 9.17) is 9.47 Å². The number of aliphatic hydroxyl groups is 1. The lowest BCUT2D eigenvalue weighted by atomic mass is 10.2. The van der Waals surface area contributed by atoms with E-state index in [1.807, 2.05) is 30.3 Å². The van der Waals surface area contributed by atoms with Crippen molar-refractivity contribution in [2.75, 3.05) is 13.2 Å². The highest BCUT2D eigenvalue weighted by Crippen LogP contribution is 2.37. The molecular formula is C15H15NO3S. The quantitative estimate of drug-likeness (QED) is 0.941. The second-order valence-corrected chi connectivity index (χ2v) is 5.54. The fraction of sp³-hybridized carbons (Fsp3) is 0.267. The van der Waals surface area contributed by atoms with Crippen molar-refractivity contribution in [1.82, 2.24) is 4.98 Å². The van der Waals surface area contributed by atoms with Crippen LogP contribution in [0.15, 0.2) is 46.5 Å². The predicted molar refractivity (Wildman–Crippen MR) is 76.4 cm³/mol. The summed E-state index contributed by atoms with van der Waals surface area (Å²) < 4.78 is 11.1. The Morgan fingerprint density at radius 1 is 1.20 bits per heavy atom. The number of hydrogen-bond acceptors (Lipinski definition) is 5. The van der Waals surface area contributed by atoms with Crippen LogP contribution in [0.3, 0.4) is 0 Å². The average molecular weight is 289 g/mol. The van der Waals surface area contributed by atoms with Crippen molar-refractivity contribution < 1.29 is 14.6 Å². The molecule has 0 spiro atoms. The molecule has 0 fully saturated rings. The van der Waals surface area contributed by atoms with Gasteiger partial charge in [-0.1, -0.05) is 17.8 Å². The van der Waals surface area contributed by atoms with Gasteiger partial charge < -0.3 is 14.6 Å². The number of hydrogen-bond donors (Lipinski definition) is 1. The molecule has 0 amide bonds. The lowest BCUT2D eigenvalue weighted by Crippen LogP contribution is -2.15. The van der Waals surface area contributed by atoms with Gasteiger partial charge in [0, 0.05) is 16.7 Å². The van der Waals surface area contributed by atoms with Crippen LogP contribution in [0.1, 0.15) is 18.6 Å². The lowest BCUT2D eigenvalue weighted by molar-refractivity contribution is 0.171. The molecule has 0 radical (unpaired) electrons. The smallest absolute Gasteiger partial charge is 0.162 e. The second kappa shape index (κ2) is 5.73. The first kappa shape index (κ1) is 13.3. The second-order valence-electron chi connectivity index (χ2n) is 4.48. The molecule has 0 saturated carbocycles. The van der Waals surface area contributed by atoms with E-state index in [0.29, 0.717) is 13.2 Å². The van der Waals surface area contributed by atoms with E-state index < -0.39 is 6.10 Å². The summed E-state index contributed by atoms with van der Waals surface area (Å²) >= 11 is 1.51. The average Bonchev–Trinajstić information content (AvgIpc) is 2.47. The van der Waals surface area contributed by atoms with Gasteiger partial charge in [0.2, 0.25) is 0 Å². The highest BCUT2D eigenvalue weighted by atomic mass is 32.2. The summed E-state index contributed by atoms with van der Waals surface area (Å²) in [7, 11) is 0. The molecule has 1 N–H and O–H groups in total. The molecule has 104 valence electrons. The van der Waals surface area contributed by atoms with Gasteiger partial charge in [0.1, 0.15) is 18.2 Å². The summed E-state index contributed by atoms with van der Waals surface area (Å²) in [4.78, 5) is 5.35. The molecule has 1 aromatic heterocycles. The van der Waals surface area contributed by atoms with Gasteiger partial charge >= 0.3 is 0 Å². The van der Waals surface area contributed by atoms with Gasteiger partial charge in [-0.3, -0.25) is 0 Å². The number of nitrogens with zero attached hydrogens (tertiary/aromatic N) is 1. The summed E-state index contributed by atoms with van der Waals surface area (Å²) in [5, 5.41) is 10.6. The molecule has 2 heterocycles. The third-order valence-corrected chi connectivity index (χ3v) is 4.00. The van der Waals surface area contributed by atoms with Crippen LogP contribution in [0.2, 0.25) is 0 Å². The Labute approximate surface area is 121 Å². The number of aromatic nitrogens is 1. The maximum atomic E-state index is 9.78. The molecule has 1 aliphatic heterocycles. The SMILES string of the molecule is C[C@@H](O)c1cccnc1Sc1ccc2c(c1)OCCO2. The van der Waals surface area contributed by atoms with Crippen molar-refractivity contribution in [2.45, 2.75) is 22.9 Å². The minimum absolute atomic E-state index is 0.539. The molecule has 1 aromatic carbocycles. The topological polar surface area (TPSA) is 51.6 Å². The van der Waals surface area contributed by atoms with E-state index in [1.165, 1.54) is 11.8 Å². The van der Waals surface area contributed by atoms with Crippen LogP contribution in [0, 0.1) is 0 Å². The molecule has 4 nitrogen and oxygen atoms in total. The number of pyridine rings is 1. The Hall–Kier alpha value is -1.72. The summed E-state index contributed by atoms with van der Waals surface area (Å²) in [6.07, 6.45) is 1.19. The molecular weight excluding hydrogens is 274 g/mol. The Bertz CT molecular complexity index is 616. The van der Waals surface area contributed by atoms with E-state index in [1.54, 1.807) is 13.1 Å². The zero-order valence-corrected chi connectivity index (χ0v) is 11.9. The summed E-state index contributed by atoms with van der Waals surface area (Å²) in [6.45, 7) is 2.90. The molecule has 1 atom stereocenters. The first-order valence-electron chi connectivity index (χ1n) is 6.44. The number of rotatable bonds is 3. The number of benzene rings is 1. The van der Waals surface area contributed by atoms with Crippen LogP contribution in [0.25, 0.3) is 0 Å². The first-order chi connectivity index (χ1) is 9.74. The van der Waals surface area contributed by atoms with Gasteiger partial charge in [-0.05, 0) is 31.2 Å². The van der Waals surface area contributed by atoms with Crippen molar-refractivity contribution in [2.24, 2.45) is 0 Å². The number of ether oxygens (including phenoxy) is 2. The van der Waals surface area contributed by atoms with Crippen LogP contribution in [-0.4, -0.2) is 23.3 Å². The van der Waals surface area contributed by atoms with E-state index in [9.17, 15) is 5.11 Å². The van der Waals surface area contributed by atoms with E-state index in [0.717, 1.165) is 27.0 Å². The normalized spacial score (nSPS) is 14.9. The Balaban J connectivity index is 1.88. The lowest BCUT2D eigenvalue weighted by Gasteiger charge is -2.19. The maximum absolute atomic E-state index is 9.78. The molecule has 5 heteroatoms. The van der Waals surface area contributed by atoms with Crippen LogP contribution in [-0.2, 0) is 0 Å². The van der Waals surface area contributed by atoms with Crippen molar-refractivity contribution in [1.29, 1.82) is 0 Å². The van der Waals surface area contributed by atoms with Crippen LogP contribution in [0.4, 0.5) is 0 Å². The molecule has 3 rings (SSSR count). The summed E-state index contributed by atoms with van der Waals surface area (Å²) in [6, 6.07) is 9.54. The summed E-state index contributed by atoms with van der Waals surface area (Å²) in [5.74, 6) is 1.54. The van der Waals surface area contributed by atoms with Gasteiger partial charge in [0.15, 0.2) is 11.5 Å². The molecule has 20 heavy (non-hydrogen) atoms. The van der Waals surface area contributed by atoms with Crippen LogP contribution >= 0.6 is 11.8 Å². The van der Waals surface area contributed by atoms with Crippen LogP contribution in [0.5, 0.6) is 11.5 Å². The number of aliphatic hydroxyl groups excluding tert-OH is 1. The van der Waals surface area contributed by atoms with Gasteiger partial charge in [0.05, 0.1) is 6.10 Å². The van der Waals surface area contributed by atoms with Crippen molar-refractivity contribution in [3.05, 3.63) is 42.1 Å². The van der Waals surface area contributed by atoms with Gasteiger partial charge in [-0.2, -0.15) is 0 Å². The minimum atomic E-state index is -0.539. The molecule has 0 bridgehead atoms. The van der Waals surface area contributed by atoms with Crippen LogP contribution < -0.4 is 9.47 Å². The molecule has 0 saturated heterocycles. The number of fused-ring (bicyclic) bond motifs is 1. The first-order valence-corrected chi connectivity index (χ1v) is 7.26. The molecule has 0 aliphatic carbocycles. The van der Waals surface area contributed by atoms with Crippen molar-refractivity contribution >= 4 is 11.8 Å². The minimum Gasteiger partial charge on any atom is -0.486 e. The van der Waals surface area contributed by atoms with E-state index in [2.05, 4.69) is 4.98 Å². The predicted octanol–water partition coefficient (Wildman–Crippen LogP) is 3.06. The zero-order valence-electron chi connectivity index (χ0n) is 11.1. The Kier molecular flexibility index (Phi) is 3.80. The van der Waals surface area contributed by atoms with E-state index in [-0.39, 0.29) is 0 Å². The third-order valence-electron chi connectivity index (χ3n) is 2.98.